The van der Waals surface area contributed by atoms with E-state index in [0.29, 0.717) is 6.10 Å². The molecule has 0 saturated carbocycles. The summed E-state index contributed by atoms with van der Waals surface area (Å²) in [6.07, 6.45) is 3.82. The average Bonchev–Trinajstić information content (AvgIpc) is 2.69. The molecule has 1 saturated heterocycles. The molecule has 1 N–H and O–H groups in total. The molecule has 1 aromatic carbocycles. The molecule has 1 atom stereocenters. The van der Waals surface area contributed by atoms with Crippen molar-refractivity contribution >= 4 is 0 Å². The van der Waals surface area contributed by atoms with Crippen LogP contribution in [-0.4, -0.2) is 43.8 Å². The van der Waals surface area contributed by atoms with Gasteiger partial charge in [0.15, 0.2) is 0 Å². The Kier molecular flexibility index (Phi) is 7.20. The van der Waals surface area contributed by atoms with E-state index in [1.165, 1.54) is 17.5 Å². The molecule has 0 radical (unpaired) electrons. The lowest BCUT2D eigenvalue weighted by molar-refractivity contribution is 0.0667. The summed E-state index contributed by atoms with van der Waals surface area (Å²) < 4.78 is 5.74. The molecule has 0 amide bonds. The number of benzene rings is 1. The number of nitrogens with zero attached hydrogens (tertiary/aromatic N) is 1. The van der Waals surface area contributed by atoms with E-state index in [1.807, 2.05) is 0 Å². The van der Waals surface area contributed by atoms with Crippen molar-refractivity contribution in [3.63, 3.8) is 0 Å². The van der Waals surface area contributed by atoms with Gasteiger partial charge in [-0.1, -0.05) is 31.2 Å². The quantitative estimate of drug-likeness (QED) is 0.782. The van der Waals surface area contributed by atoms with Gasteiger partial charge in [-0.25, -0.2) is 0 Å². The van der Waals surface area contributed by atoms with Crippen molar-refractivity contribution in [3.8, 4) is 0 Å². The van der Waals surface area contributed by atoms with Gasteiger partial charge in [-0.3, -0.25) is 4.90 Å². The topological polar surface area (TPSA) is 24.5 Å². The van der Waals surface area contributed by atoms with Crippen LogP contribution >= 0.6 is 0 Å². The Labute approximate surface area is 129 Å². The zero-order chi connectivity index (χ0) is 14.9. The van der Waals surface area contributed by atoms with Crippen LogP contribution in [0.4, 0.5) is 0 Å². The monoisotopic (exact) mass is 290 g/mol. The molecular weight excluding hydrogens is 260 g/mol. The highest BCUT2D eigenvalue weighted by molar-refractivity contribution is 5.27. The molecule has 0 aromatic heterocycles. The highest BCUT2D eigenvalue weighted by Gasteiger charge is 2.16. The van der Waals surface area contributed by atoms with Crippen LogP contribution < -0.4 is 5.32 Å². The summed E-state index contributed by atoms with van der Waals surface area (Å²) in [5, 5.41) is 3.50. The predicted octanol–water partition coefficient (Wildman–Crippen LogP) is 2.84. The fraction of sp³-hybridized carbons (Fsp3) is 0.667. The van der Waals surface area contributed by atoms with Crippen molar-refractivity contribution in [1.29, 1.82) is 0 Å². The summed E-state index contributed by atoms with van der Waals surface area (Å²) in [7, 11) is 0. The second kappa shape index (κ2) is 9.19. The predicted molar refractivity (Wildman–Crippen MR) is 88.6 cm³/mol. The van der Waals surface area contributed by atoms with E-state index >= 15 is 0 Å². The molecule has 118 valence electrons. The molecular formula is C18H30N2O. The van der Waals surface area contributed by atoms with E-state index < -0.39 is 0 Å². The fourth-order valence-corrected chi connectivity index (χ4v) is 2.95. The minimum absolute atomic E-state index is 0.353. The third-order valence-electron chi connectivity index (χ3n) is 4.05. The van der Waals surface area contributed by atoms with Gasteiger partial charge in [-0.05, 0) is 50.4 Å². The number of hydrogen-bond acceptors (Lipinski definition) is 3. The lowest BCUT2D eigenvalue weighted by Crippen LogP contribution is -2.30. The molecule has 0 spiro atoms. The maximum absolute atomic E-state index is 5.74. The normalized spacial score (nSPS) is 20.4. The average molecular weight is 290 g/mol. The molecule has 1 unspecified atom stereocenters. The molecule has 21 heavy (non-hydrogen) atoms. The van der Waals surface area contributed by atoms with Gasteiger partial charge in [0.25, 0.3) is 0 Å². The first-order chi connectivity index (χ1) is 10.3. The molecule has 3 heteroatoms. The Morgan fingerprint density at radius 2 is 2.05 bits per heavy atom. The van der Waals surface area contributed by atoms with Crippen LogP contribution in [0, 0.1) is 0 Å². The standard InChI is InChI=1S/C18H30N2O/c1-3-10-19-11-9-17-7-4-5-8-18(17)15-20-12-6-13-21-16(2)14-20/h4-5,7-8,16,19H,3,6,9-15H2,1-2H3. The van der Waals surface area contributed by atoms with Crippen LogP contribution in [0.3, 0.4) is 0 Å². The Hall–Kier alpha value is -0.900. The fourth-order valence-electron chi connectivity index (χ4n) is 2.95. The highest BCUT2D eigenvalue weighted by atomic mass is 16.5. The van der Waals surface area contributed by atoms with Crippen LogP contribution in [-0.2, 0) is 17.7 Å². The van der Waals surface area contributed by atoms with Gasteiger partial charge in [0, 0.05) is 26.2 Å². The van der Waals surface area contributed by atoms with E-state index in [2.05, 4.69) is 48.3 Å². The number of nitrogens with one attached hydrogen (secondary N) is 1. The molecule has 3 nitrogen and oxygen atoms in total. The molecule has 0 aliphatic carbocycles. The van der Waals surface area contributed by atoms with E-state index in [9.17, 15) is 0 Å². The zero-order valence-electron chi connectivity index (χ0n) is 13.6. The third-order valence-corrected chi connectivity index (χ3v) is 4.05. The van der Waals surface area contributed by atoms with Crippen molar-refractivity contribution in [2.45, 2.75) is 45.8 Å². The number of rotatable bonds is 7. The van der Waals surface area contributed by atoms with Gasteiger partial charge in [-0.15, -0.1) is 0 Å². The molecule has 2 rings (SSSR count). The maximum atomic E-state index is 5.74. The van der Waals surface area contributed by atoms with Crippen molar-refractivity contribution in [3.05, 3.63) is 35.4 Å². The van der Waals surface area contributed by atoms with Gasteiger partial charge < -0.3 is 10.1 Å². The molecule has 1 fully saturated rings. The summed E-state index contributed by atoms with van der Waals surface area (Å²) in [5.74, 6) is 0. The molecule has 1 aliphatic heterocycles. The summed E-state index contributed by atoms with van der Waals surface area (Å²) in [6.45, 7) is 10.7. The second-order valence-corrected chi connectivity index (χ2v) is 6.04. The lowest BCUT2D eigenvalue weighted by atomic mass is 10.0. The van der Waals surface area contributed by atoms with E-state index in [4.69, 9.17) is 4.74 Å². The van der Waals surface area contributed by atoms with Crippen LogP contribution in [0.1, 0.15) is 37.8 Å². The van der Waals surface area contributed by atoms with Crippen molar-refractivity contribution < 1.29 is 4.74 Å². The molecule has 1 aromatic rings. The van der Waals surface area contributed by atoms with Gasteiger partial charge in [0.05, 0.1) is 6.10 Å². The maximum Gasteiger partial charge on any atom is 0.0674 e. The van der Waals surface area contributed by atoms with Crippen molar-refractivity contribution in [1.82, 2.24) is 10.2 Å². The van der Waals surface area contributed by atoms with Gasteiger partial charge in [0.1, 0.15) is 0 Å². The number of hydrogen-bond donors (Lipinski definition) is 1. The zero-order valence-corrected chi connectivity index (χ0v) is 13.6. The van der Waals surface area contributed by atoms with Crippen LogP contribution in [0.25, 0.3) is 0 Å². The SMILES string of the molecule is CCCNCCc1ccccc1CN1CCCOC(C)C1. The first kappa shape index (κ1) is 16.5. The summed E-state index contributed by atoms with van der Waals surface area (Å²) >= 11 is 0. The Morgan fingerprint density at radius 1 is 1.24 bits per heavy atom. The highest BCUT2D eigenvalue weighted by Crippen LogP contribution is 2.15. The molecule has 1 aliphatic rings. The molecule has 1 heterocycles. The summed E-state index contributed by atoms with van der Waals surface area (Å²) in [4.78, 5) is 2.54. The van der Waals surface area contributed by atoms with Crippen molar-refractivity contribution in [2.24, 2.45) is 0 Å². The first-order valence-electron chi connectivity index (χ1n) is 8.41. The first-order valence-corrected chi connectivity index (χ1v) is 8.41. The lowest BCUT2D eigenvalue weighted by Gasteiger charge is -2.23. The Morgan fingerprint density at radius 3 is 2.86 bits per heavy atom. The van der Waals surface area contributed by atoms with Gasteiger partial charge in [-0.2, -0.15) is 0 Å². The van der Waals surface area contributed by atoms with Crippen LogP contribution in [0.15, 0.2) is 24.3 Å². The Balaban J connectivity index is 1.92. The largest absolute Gasteiger partial charge is 0.377 e. The van der Waals surface area contributed by atoms with E-state index in [0.717, 1.165) is 52.2 Å². The molecule has 0 bridgehead atoms. The summed E-state index contributed by atoms with van der Waals surface area (Å²) in [6, 6.07) is 8.88. The second-order valence-electron chi connectivity index (χ2n) is 6.04. The van der Waals surface area contributed by atoms with Crippen LogP contribution in [0.5, 0.6) is 0 Å². The minimum atomic E-state index is 0.353. The number of ether oxygens (including phenoxy) is 1. The third kappa shape index (κ3) is 5.77. The van der Waals surface area contributed by atoms with E-state index in [-0.39, 0.29) is 0 Å². The van der Waals surface area contributed by atoms with Crippen molar-refractivity contribution in [2.75, 3.05) is 32.8 Å². The van der Waals surface area contributed by atoms with Crippen LogP contribution in [0.2, 0.25) is 0 Å². The summed E-state index contributed by atoms with van der Waals surface area (Å²) in [5.41, 5.74) is 2.96. The van der Waals surface area contributed by atoms with E-state index in [1.54, 1.807) is 0 Å². The van der Waals surface area contributed by atoms with Gasteiger partial charge >= 0.3 is 0 Å². The smallest absolute Gasteiger partial charge is 0.0674 e. The van der Waals surface area contributed by atoms with Gasteiger partial charge in [0.2, 0.25) is 0 Å². The minimum Gasteiger partial charge on any atom is -0.377 e. The Bertz CT molecular complexity index is 408.